The summed E-state index contributed by atoms with van der Waals surface area (Å²) in [4.78, 5) is 11.9. The monoisotopic (exact) mass is 226 g/mol. The van der Waals surface area contributed by atoms with E-state index in [2.05, 4.69) is 0 Å². The first-order valence-corrected chi connectivity index (χ1v) is 6.50. The molecule has 4 atom stereocenters. The first kappa shape index (κ1) is 11.9. The minimum absolute atomic E-state index is 0.208. The van der Waals surface area contributed by atoms with E-state index in [1.165, 1.54) is 6.42 Å². The number of carbonyl (C=O) groups is 1. The molecule has 0 aromatic heterocycles. The summed E-state index contributed by atoms with van der Waals surface area (Å²) >= 11 is 0. The van der Waals surface area contributed by atoms with Crippen LogP contribution in [0.2, 0.25) is 0 Å². The van der Waals surface area contributed by atoms with Crippen molar-refractivity contribution in [2.45, 2.75) is 51.6 Å². The van der Waals surface area contributed by atoms with Crippen molar-refractivity contribution in [1.82, 2.24) is 0 Å². The molecule has 92 valence electrons. The Hall–Kier alpha value is -0.570. The van der Waals surface area contributed by atoms with E-state index in [0.29, 0.717) is 24.9 Å². The number of hydrogen-bond donors (Lipinski definition) is 1. The molecule has 2 aliphatic carbocycles. The lowest BCUT2D eigenvalue weighted by Gasteiger charge is -2.37. The Morgan fingerprint density at radius 2 is 2.25 bits per heavy atom. The summed E-state index contributed by atoms with van der Waals surface area (Å²) in [5.41, 5.74) is -0.774. The Morgan fingerprint density at radius 3 is 2.69 bits per heavy atom. The molecule has 0 radical (unpaired) electrons. The Kier molecular flexibility index (Phi) is 3.24. The zero-order valence-corrected chi connectivity index (χ0v) is 10.2. The molecule has 2 aliphatic rings. The molecule has 2 saturated carbocycles. The second-order valence-electron chi connectivity index (χ2n) is 5.28. The Morgan fingerprint density at radius 1 is 1.50 bits per heavy atom. The molecule has 3 nitrogen and oxygen atoms in total. The van der Waals surface area contributed by atoms with Gasteiger partial charge in [0.2, 0.25) is 0 Å². The highest BCUT2D eigenvalue weighted by Crippen LogP contribution is 2.54. The summed E-state index contributed by atoms with van der Waals surface area (Å²) in [5, 5.41) is 10.7. The lowest BCUT2D eigenvalue weighted by atomic mass is 9.74. The largest absolute Gasteiger partial charge is 0.466 e. The highest BCUT2D eigenvalue weighted by atomic mass is 16.5. The van der Waals surface area contributed by atoms with Crippen molar-refractivity contribution in [3.05, 3.63) is 0 Å². The maximum absolute atomic E-state index is 11.9. The predicted molar refractivity (Wildman–Crippen MR) is 60.8 cm³/mol. The number of fused-ring (bicyclic) bond motifs is 2. The predicted octanol–water partition coefficient (Wildman–Crippen LogP) is 2.13. The average molecular weight is 226 g/mol. The van der Waals surface area contributed by atoms with E-state index in [1.807, 2.05) is 13.8 Å². The van der Waals surface area contributed by atoms with Crippen LogP contribution in [-0.4, -0.2) is 23.3 Å². The van der Waals surface area contributed by atoms with Crippen LogP contribution in [0.25, 0.3) is 0 Å². The van der Waals surface area contributed by atoms with Crippen LogP contribution in [0.1, 0.15) is 46.0 Å². The van der Waals surface area contributed by atoms with Gasteiger partial charge in [-0.05, 0) is 50.9 Å². The minimum Gasteiger partial charge on any atom is -0.466 e. The molecule has 4 unspecified atom stereocenters. The van der Waals surface area contributed by atoms with E-state index in [-0.39, 0.29) is 11.9 Å². The molecular weight excluding hydrogens is 204 g/mol. The van der Waals surface area contributed by atoms with E-state index in [9.17, 15) is 9.90 Å². The van der Waals surface area contributed by atoms with Gasteiger partial charge in [-0.3, -0.25) is 4.79 Å². The zero-order chi connectivity index (χ0) is 11.8. The third-order valence-corrected chi connectivity index (χ3v) is 4.45. The summed E-state index contributed by atoms with van der Waals surface area (Å²) in [7, 11) is 0. The topological polar surface area (TPSA) is 46.5 Å². The summed E-state index contributed by atoms with van der Waals surface area (Å²) in [6.07, 6.45) is 4.89. The van der Waals surface area contributed by atoms with Gasteiger partial charge >= 0.3 is 5.97 Å². The number of hydrogen-bond acceptors (Lipinski definition) is 3. The zero-order valence-electron chi connectivity index (χ0n) is 10.2. The minimum atomic E-state index is -0.774. The van der Waals surface area contributed by atoms with Crippen LogP contribution in [0, 0.1) is 17.8 Å². The second-order valence-corrected chi connectivity index (χ2v) is 5.28. The number of esters is 1. The van der Waals surface area contributed by atoms with Crippen molar-refractivity contribution < 1.29 is 14.6 Å². The van der Waals surface area contributed by atoms with Crippen LogP contribution >= 0.6 is 0 Å². The molecule has 0 heterocycles. The Bertz CT molecular complexity index is 276. The molecule has 3 heteroatoms. The summed E-state index contributed by atoms with van der Waals surface area (Å²) in [6.45, 7) is 4.18. The van der Waals surface area contributed by atoms with E-state index in [0.717, 1.165) is 19.3 Å². The summed E-state index contributed by atoms with van der Waals surface area (Å²) in [6, 6.07) is 0. The van der Waals surface area contributed by atoms with Gasteiger partial charge in [0, 0.05) is 0 Å². The molecule has 2 rings (SSSR count). The number of rotatable bonds is 4. The first-order chi connectivity index (χ1) is 7.61. The van der Waals surface area contributed by atoms with Crippen LogP contribution in [-0.2, 0) is 9.53 Å². The first-order valence-electron chi connectivity index (χ1n) is 6.50. The van der Waals surface area contributed by atoms with Crippen molar-refractivity contribution in [3.8, 4) is 0 Å². The third-order valence-electron chi connectivity index (χ3n) is 4.45. The maximum atomic E-state index is 11.9. The maximum Gasteiger partial charge on any atom is 0.311 e. The van der Waals surface area contributed by atoms with Crippen molar-refractivity contribution in [2.24, 2.45) is 17.8 Å². The lowest BCUT2D eigenvalue weighted by Crippen LogP contribution is -2.47. The molecule has 0 amide bonds. The van der Waals surface area contributed by atoms with Crippen LogP contribution < -0.4 is 0 Å². The van der Waals surface area contributed by atoms with E-state index in [4.69, 9.17) is 4.74 Å². The van der Waals surface area contributed by atoms with Gasteiger partial charge in [-0.2, -0.15) is 0 Å². The van der Waals surface area contributed by atoms with Crippen LogP contribution in [0.5, 0.6) is 0 Å². The number of carbonyl (C=O) groups excluding carboxylic acids is 1. The van der Waals surface area contributed by atoms with Crippen molar-refractivity contribution in [2.75, 3.05) is 6.61 Å². The smallest absolute Gasteiger partial charge is 0.311 e. The van der Waals surface area contributed by atoms with Crippen LogP contribution in [0.4, 0.5) is 0 Å². The molecular formula is C13H22O3. The number of ether oxygens (including phenoxy) is 1. The highest BCUT2D eigenvalue weighted by Gasteiger charge is 2.55. The molecule has 1 N–H and O–H groups in total. The Balaban J connectivity index is 2.11. The fourth-order valence-corrected chi connectivity index (χ4v) is 3.74. The molecule has 0 aromatic rings. The molecule has 2 fully saturated rings. The van der Waals surface area contributed by atoms with Gasteiger partial charge in [-0.1, -0.05) is 6.92 Å². The van der Waals surface area contributed by atoms with Crippen molar-refractivity contribution in [3.63, 3.8) is 0 Å². The molecule has 0 spiro atoms. The quantitative estimate of drug-likeness (QED) is 0.747. The fraction of sp³-hybridized carbons (Fsp3) is 0.923. The molecule has 0 aromatic carbocycles. The van der Waals surface area contributed by atoms with Gasteiger partial charge in [0.25, 0.3) is 0 Å². The average Bonchev–Trinajstić information content (AvgIpc) is 2.78. The standard InChI is InChI=1S/C13H22O3/c1-3-11(12(14)16-4-2)13(15)8-9-5-6-10(13)7-9/h9-11,15H,3-8H2,1-2H3. The van der Waals surface area contributed by atoms with Gasteiger partial charge in [-0.15, -0.1) is 0 Å². The molecule has 0 aliphatic heterocycles. The summed E-state index contributed by atoms with van der Waals surface area (Å²) in [5.74, 6) is 0.438. The van der Waals surface area contributed by atoms with Gasteiger partial charge in [0.1, 0.15) is 0 Å². The fourth-order valence-electron chi connectivity index (χ4n) is 3.74. The third kappa shape index (κ3) is 1.75. The summed E-state index contributed by atoms with van der Waals surface area (Å²) < 4.78 is 5.08. The van der Waals surface area contributed by atoms with Gasteiger partial charge in [0.05, 0.1) is 18.1 Å². The van der Waals surface area contributed by atoms with Gasteiger partial charge < -0.3 is 9.84 Å². The van der Waals surface area contributed by atoms with Crippen LogP contribution in [0.15, 0.2) is 0 Å². The number of aliphatic hydroxyl groups is 1. The lowest BCUT2D eigenvalue weighted by molar-refractivity contribution is -0.163. The SMILES string of the molecule is CCOC(=O)C(CC)C1(O)CC2CCC1C2. The highest BCUT2D eigenvalue weighted by molar-refractivity contribution is 5.74. The van der Waals surface area contributed by atoms with E-state index < -0.39 is 5.60 Å². The molecule has 2 bridgehead atoms. The van der Waals surface area contributed by atoms with Crippen molar-refractivity contribution >= 4 is 5.97 Å². The second kappa shape index (κ2) is 4.36. The molecule has 16 heavy (non-hydrogen) atoms. The normalized spacial score (nSPS) is 38.7. The van der Waals surface area contributed by atoms with E-state index in [1.54, 1.807) is 0 Å². The van der Waals surface area contributed by atoms with Gasteiger partial charge in [0.15, 0.2) is 0 Å². The molecule has 0 saturated heterocycles. The van der Waals surface area contributed by atoms with E-state index >= 15 is 0 Å². The van der Waals surface area contributed by atoms with Crippen molar-refractivity contribution in [1.29, 1.82) is 0 Å². The Labute approximate surface area is 97.2 Å². The van der Waals surface area contributed by atoms with Crippen LogP contribution in [0.3, 0.4) is 0 Å². The van der Waals surface area contributed by atoms with Gasteiger partial charge in [-0.25, -0.2) is 0 Å².